The first-order chi connectivity index (χ1) is 8.54. The van der Waals surface area contributed by atoms with Crippen LogP contribution in [0.15, 0.2) is 41.1 Å². The van der Waals surface area contributed by atoms with E-state index in [4.69, 9.17) is 0 Å². The number of aryl methyl sites for hydroxylation is 2. The summed E-state index contributed by atoms with van der Waals surface area (Å²) in [6.45, 7) is 4.01. The number of pyridine rings is 1. The third-order valence-electron chi connectivity index (χ3n) is 2.47. The Balaban J connectivity index is 2.21. The highest BCUT2D eigenvalue weighted by Crippen LogP contribution is 2.15. The zero-order valence-corrected chi connectivity index (χ0v) is 11.8. The van der Waals surface area contributed by atoms with Crippen molar-refractivity contribution in [3.8, 4) is 0 Å². The molecule has 1 aromatic carbocycles. The molecule has 0 bridgehead atoms. The minimum Gasteiger partial charge on any atom is -0.322 e. The number of rotatable bonds is 2. The summed E-state index contributed by atoms with van der Waals surface area (Å²) >= 11 is 3.25. The molecular formula is C14H13BrN2O. The van der Waals surface area contributed by atoms with Crippen molar-refractivity contribution in [3.05, 3.63) is 57.8 Å². The van der Waals surface area contributed by atoms with E-state index in [2.05, 4.69) is 32.3 Å². The molecule has 1 aromatic heterocycles. The maximum atomic E-state index is 12.0. The van der Waals surface area contributed by atoms with E-state index in [-0.39, 0.29) is 5.91 Å². The van der Waals surface area contributed by atoms with E-state index in [1.54, 1.807) is 18.3 Å². The summed E-state index contributed by atoms with van der Waals surface area (Å²) in [6, 6.07) is 9.34. The van der Waals surface area contributed by atoms with Gasteiger partial charge in [-0.15, -0.1) is 0 Å². The summed E-state index contributed by atoms with van der Waals surface area (Å²) in [7, 11) is 0. The van der Waals surface area contributed by atoms with Gasteiger partial charge in [0.15, 0.2) is 0 Å². The van der Waals surface area contributed by atoms with Gasteiger partial charge in [0, 0.05) is 17.4 Å². The van der Waals surface area contributed by atoms with Crippen LogP contribution in [-0.4, -0.2) is 10.9 Å². The monoisotopic (exact) mass is 304 g/mol. The first-order valence-electron chi connectivity index (χ1n) is 5.56. The van der Waals surface area contributed by atoms with Gasteiger partial charge in [-0.05, 0) is 65.2 Å². The molecule has 1 N–H and O–H groups in total. The summed E-state index contributed by atoms with van der Waals surface area (Å²) in [4.78, 5) is 16.0. The molecule has 0 spiro atoms. The Bertz CT molecular complexity index is 576. The minimum absolute atomic E-state index is 0.136. The van der Waals surface area contributed by atoms with Gasteiger partial charge in [0.05, 0.1) is 0 Å². The van der Waals surface area contributed by atoms with Crippen molar-refractivity contribution in [1.82, 2.24) is 4.98 Å². The van der Waals surface area contributed by atoms with E-state index in [0.29, 0.717) is 10.2 Å². The maximum absolute atomic E-state index is 12.0. The molecule has 0 aliphatic rings. The molecule has 1 amide bonds. The SMILES string of the molecule is Cc1cc(C)cc(NC(=O)c2ccnc(Br)c2)c1. The molecular weight excluding hydrogens is 292 g/mol. The molecule has 0 saturated heterocycles. The molecule has 4 heteroatoms. The molecule has 0 saturated carbocycles. The van der Waals surface area contributed by atoms with Gasteiger partial charge in [-0.2, -0.15) is 0 Å². The van der Waals surface area contributed by atoms with Crippen LogP contribution >= 0.6 is 15.9 Å². The van der Waals surface area contributed by atoms with Crippen LogP contribution in [-0.2, 0) is 0 Å². The van der Waals surface area contributed by atoms with E-state index in [9.17, 15) is 4.79 Å². The molecule has 1 heterocycles. The molecule has 0 aliphatic carbocycles. The number of aromatic nitrogens is 1. The third-order valence-corrected chi connectivity index (χ3v) is 2.90. The Hall–Kier alpha value is -1.68. The van der Waals surface area contributed by atoms with E-state index >= 15 is 0 Å². The number of carbonyl (C=O) groups excluding carboxylic acids is 1. The molecule has 0 unspecified atom stereocenters. The first-order valence-corrected chi connectivity index (χ1v) is 6.35. The van der Waals surface area contributed by atoms with E-state index in [0.717, 1.165) is 16.8 Å². The average Bonchev–Trinajstić information content (AvgIpc) is 2.27. The molecule has 0 atom stereocenters. The number of hydrogen-bond donors (Lipinski definition) is 1. The predicted octanol–water partition coefficient (Wildman–Crippen LogP) is 3.71. The van der Waals surface area contributed by atoms with Gasteiger partial charge in [0.2, 0.25) is 0 Å². The highest BCUT2D eigenvalue weighted by Gasteiger charge is 2.07. The summed E-state index contributed by atoms with van der Waals surface area (Å²) < 4.78 is 0.649. The molecule has 0 aliphatic heterocycles. The number of anilines is 1. The van der Waals surface area contributed by atoms with E-state index in [1.807, 2.05) is 26.0 Å². The van der Waals surface area contributed by atoms with Crippen molar-refractivity contribution in [1.29, 1.82) is 0 Å². The van der Waals surface area contributed by atoms with Crippen LogP contribution < -0.4 is 5.32 Å². The lowest BCUT2D eigenvalue weighted by molar-refractivity contribution is 0.102. The quantitative estimate of drug-likeness (QED) is 0.859. The second-order valence-electron chi connectivity index (χ2n) is 4.20. The standard InChI is InChI=1S/C14H13BrN2O/c1-9-5-10(2)7-12(6-9)17-14(18)11-3-4-16-13(15)8-11/h3-8H,1-2H3,(H,17,18). The molecule has 3 nitrogen and oxygen atoms in total. The highest BCUT2D eigenvalue weighted by atomic mass is 79.9. The lowest BCUT2D eigenvalue weighted by atomic mass is 10.1. The largest absolute Gasteiger partial charge is 0.322 e. The number of amides is 1. The van der Waals surface area contributed by atoms with Crippen molar-refractivity contribution >= 4 is 27.5 Å². The van der Waals surface area contributed by atoms with Crippen molar-refractivity contribution in [2.75, 3.05) is 5.32 Å². The lowest BCUT2D eigenvalue weighted by Gasteiger charge is -2.07. The first kappa shape index (κ1) is 12.8. The van der Waals surface area contributed by atoms with Crippen LogP contribution in [0.3, 0.4) is 0 Å². The molecule has 2 rings (SSSR count). The van der Waals surface area contributed by atoms with Crippen molar-refractivity contribution < 1.29 is 4.79 Å². The fraction of sp³-hybridized carbons (Fsp3) is 0.143. The third kappa shape index (κ3) is 3.17. The van der Waals surface area contributed by atoms with Gasteiger partial charge in [0.1, 0.15) is 4.60 Å². The zero-order valence-electron chi connectivity index (χ0n) is 10.2. The number of halogens is 1. The second-order valence-corrected chi connectivity index (χ2v) is 5.01. The molecule has 18 heavy (non-hydrogen) atoms. The fourth-order valence-corrected chi connectivity index (χ4v) is 2.16. The van der Waals surface area contributed by atoms with Gasteiger partial charge in [-0.3, -0.25) is 4.79 Å². The van der Waals surface area contributed by atoms with Crippen LogP contribution in [0.1, 0.15) is 21.5 Å². The smallest absolute Gasteiger partial charge is 0.255 e. The van der Waals surface area contributed by atoms with Crippen molar-refractivity contribution in [2.24, 2.45) is 0 Å². The van der Waals surface area contributed by atoms with Crippen LogP contribution in [0, 0.1) is 13.8 Å². The van der Waals surface area contributed by atoms with Crippen LogP contribution in [0.5, 0.6) is 0 Å². The van der Waals surface area contributed by atoms with Gasteiger partial charge in [-0.1, -0.05) is 6.07 Å². The Kier molecular flexibility index (Phi) is 3.77. The van der Waals surface area contributed by atoms with Crippen LogP contribution in [0.4, 0.5) is 5.69 Å². The number of benzene rings is 1. The van der Waals surface area contributed by atoms with Gasteiger partial charge < -0.3 is 5.32 Å². The number of nitrogens with zero attached hydrogens (tertiary/aromatic N) is 1. The van der Waals surface area contributed by atoms with Gasteiger partial charge in [-0.25, -0.2) is 4.98 Å². The average molecular weight is 305 g/mol. The normalized spacial score (nSPS) is 10.2. The molecule has 0 fully saturated rings. The van der Waals surface area contributed by atoms with E-state index < -0.39 is 0 Å². The Morgan fingerprint density at radius 3 is 2.44 bits per heavy atom. The fourth-order valence-electron chi connectivity index (χ4n) is 1.79. The van der Waals surface area contributed by atoms with Crippen LogP contribution in [0.25, 0.3) is 0 Å². The summed E-state index contributed by atoms with van der Waals surface area (Å²) in [5.74, 6) is -0.136. The zero-order chi connectivity index (χ0) is 13.1. The van der Waals surface area contributed by atoms with Crippen LogP contribution in [0.2, 0.25) is 0 Å². The number of nitrogens with one attached hydrogen (secondary N) is 1. The molecule has 92 valence electrons. The molecule has 0 radical (unpaired) electrons. The van der Waals surface area contributed by atoms with Gasteiger partial charge >= 0.3 is 0 Å². The Labute approximate surface area is 114 Å². The van der Waals surface area contributed by atoms with Crippen molar-refractivity contribution in [2.45, 2.75) is 13.8 Å². The lowest BCUT2D eigenvalue weighted by Crippen LogP contribution is -2.12. The summed E-state index contributed by atoms with van der Waals surface area (Å²) in [6.07, 6.45) is 1.60. The predicted molar refractivity (Wildman–Crippen MR) is 75.8 cm³/mol. The number of carbonyl (C=O) groups is 1. The summed E-state index contributed by atoms with van der Waals surface area (Å²) in [5, 5.41) is 2.88. The van der Waals surface area contributed by atoms with E-state index in [1.165, 1.54) is 0 Å². The number of hydrogen-bond acceptors (Lipinski definition) is 2. The highest BCUT2D eigenvalue weighted by molar-refractivity contribution is 9.10. The summed E-state index contributed by atoms with van der Waals surface area (Å²) in [5.41, 5.74) is 3.64. The Morgan fingerprint density at radius 1 is 1.17 bits per heavy atom. The minimum atomic E-state index is -0.136. The second kappa shape index (κ2) is 5.31. The molecule has 2 aromatic rings. The van der Waals surface area contributed by atoms with Gasteiger partial charge in [0.25, 0.3) is 5.91 Å². The van der Waals surface area contributed by atoms with Crippen molar-refractivity contribution in [3.63, 3.8) is 0 Å². The topological polar surface area (TPSA) is 42.0 Å². The Morgan fingerprint density at radius 2 is 1.83 bits per heavy atom. The maximum Gasteiger partial charge on any atom is 0.255 e.